The fraction of sp³-hybridized carbons (Fsp3) is 0.500. The van der Waals surface area contributed by atoms with E-state index in [9.17, 15) is 32.3 Å². The smallest absolute Gasteiger partial charge is 0.322 e. The summed E-state index contributed by atoms with van der Waals surface area (Å²) < 4.78 is 58.7. The highest BCUT2D eigenvalue weighted by Gasteiger charge is 2.36. The summed E-state index contributed by atoms with van der Waals surface area (Å²) in [6.45, 7) is 1.05. The number of halogens is 4. The molecule has 9 heteroatoms. The molecule has 148 valence electrons. The van der Waals surface area contributed by atoms with Crippen LogP contribution in [0.5, 0.6) is 0 Å². The van der Waals surface area contributed by atoms with E-state index in [2.05, 4.69) is 4.99 Å². The van der Waals surface area contributed by atoms with Gasteiger partial charge in [-0.2, -0.15) is 0 Å². The summed E-state index contributed by atoms with van der Waals surface area (Å²) in [6.07, 6.45) is 3.54. The van der Waals surface area contributed by atoms with E-state index in [1.165, 1.54) is 6.92 Å². The van der Waals surface area contributed by atoms with Gasteiger partial charge in [-0.05, 0) is 25.8 Å². The summed E-state index contributed by atoms with van der Waals surface area (Å²) in [5.74, 6) is -12.1. The number of carbonyl (C=O) groups excluding carboxylic acids is 2. The molecule has 1 unspecified atom stereocenters. The number of ketones is 1. The van der Waals surface area contributed by atoms with E-state index in [0.29, 0.717) is 12.8 Å². The minimum absolute atomic E-state index is 0.101. The Bertz CT molecular complexity index is 760. The molecular weight excluding hydrogens is 370 g/mol. The van der Waals surface area contributed by atoms with Crippen LogP contribution >= 0.6 is 0 Å². The number of rotatable bonds is 7. The summed E-state index contributed by atoms with van der Waals surface area (Å²) in [7, 11) is 0. The lowest BCUT2D eigenvalue weighted by Gasteiger charge is -2.22. The molecule has 0 aliphatic heterocycles. The first-order valence-electron chi connectivity index (χ1n) is 8.46. The van der Waals surface area contributed by atoms with Crippen molar-refractivity contribution < 1.29 is 37.0 Å². The van der Waals surface area contributed by atoms with Crippen LogP contribution in [-0.4, -0.2) is 41.8 Å². The molecular formula is C18H19F4NO4. The number of aliphatic imine (C=N–C) groups is 1. The number of esters is 1. The van der Waals surface area contributed by atoms with E-state index in [1.807, 2.05) is 0 Å². The molecule has 0 radical (unpaired) electrons. The summed E-state index contributed by atoms with van der Waals surface area (Å²) in [6, 6.07) is 0.188. The highest BCUT2D eigenvalue weighted by Crippen LogP contribution is 2.33. The Labute approximate surface area is 153 Å². The van der Waals surface area contributed by atoms with Crippen molar-refractivity contribution >= 4 is 18.0 Å². The number of carbonyl (C=O) groups is 2. The van der Waals surface area contributed by atoms with Gasteiger partial charge in [-0.3, -0.25) is 14.6 Å². The molecule has 2 rings (SSSR count). The van der Waals surface area contributed by atoms with Gasteiger partial charge in [0.05, 0.1) is 24.3 Å². The number of aliphatic hydroxyl groups is 1. The lowest BCUT2D eigenvalue weighted by molar-refractivity contribution is -0.144. The van der Waals surface area contributed by atoms with Crippen molar-refractivity contribution in [3.8, 4) is 0 Å². The lowest BCUT2D eigenvalue weighted by Crippen LogP contribution is -2.32. The SMILES string of the molecule is CCOC(=O)C(C=NC1(CO)CCCC1)C(=O)c1cc(F)c(F)c(F)c1F. The lowest BCUT2D eigenvalue weighted by atomic mass is 9.96. The molecule has 1 aliphatic rings. The minimum Gasteiger partial charge on any atom is -0.465 e. The fourth-order valence-electron chi connectivity index (χ4n) is 2.98. The van der Waals surface area contributed by atoms with E-state index in [4.69, 9.17) is 4.74 Å². The number of hydrogen-bond donors (Lipinski definition) is 1. The Morgan fingerprint density at radius 1 is 1.22 bits per heavy atom. The Morgan fingerprint density at radius 2 is 1.85 bits per heavy atom. The predicted octanol–water partition coefficient (Wildman–Crippen LogP) is 2.98. The first kappa shape index (κ1) is 21.0. The molecule has 1 saturated carbocycles. The van der Waals surface area contributed by atoms with Gasteiger partial charge in [-0.25, -0.2) is 17.6 Å². The molecule has 0 bridgehead atoms. The topological polar surface area (TPSA) is 76.0 Å². The maximum atomic E-state index is 13.9. The molecule has 0 spiro atoms. The highest BCUT2D eigenvalue weighted by molar-refractivity contribution is 6.18. The molecule has 0 heterocycles. The van der Waals surface area contributed by atoms with E-state index in [-0.39, 0.29) is 19.3 Å². The Balaban J connectivity index is 2.43. The van der Waals surface area contributed by atoms with Gasteiger partial charge in [0.25, 0.3) is 0 Å². The van der Waals surface area contributed by atoms with Gasteiger partial charge in [-0.1, -0.05) is 12.8 Å². The van der Waals surface area contributed by atoms with Crippen molar-refractivity contribution in [1.82, 2.24) is 0 Å². The average Bonchev–Trinajstić information content (AvgIpc) is 3.12. The van der Waals surface area contributed by atoms with Gasteiger partial charge < -0.3 is 9.84 Å². The van der Waals surface area contributed by atoms with Crippen LogP contribution in [0.1, 0.15) is 43.0 Å². The molecule has 1 aromatic carbocycles. The van der Waals surface area contributed by atoms with Crippen LogP contribution < -0.4 is 0 Å². The van der Waals surface area contributed by atoms with Crippen LogP contribution in [0.3, 0.4) is 0 Å². The van der Waals surface area contributed by atoms with E-state index in [0.717, 1.165) is 19.1 Å². The van der Waals surface area contributed by atoms with Gasteiger partial charge in [0.15, 0.2) is 35.0 Å². The molecule has 1 atom stereocenters. The maximum Gasteiger partial charge on any atom is 0.322 e. The van der Waals surface area contributed by atoms with Gasteiger partial charge in [0.2, 0.25) is 0 Å². The largest absolute Gasteiger partial charge is 0.465 e. The summed E-state index contributed by atoms with van der Waals surface area (Å²) in [5, 5.41) is 9.56. The van der Waals surface area contributed by atoms with Crippen LogP contribution in [0.2, 0.25) is 0 Å². The van der Waals surface area contributed by atoms with Gasteiger partial charge >= 0.3 is 5.97 Å². The molecule has 1 aliphatic carbocycles. The van der Waals surface area contributed by atoms with Gasteiger partial charge in [-0.15, -0.1) is 0 Å². The van der Waals surface area contributed by atoms with E-state index < -0.39 is 52.0 Å². The van der Waals surface area contributed by atoms with Gasteiger partial charge in [0, 0.05) is 6.21 Å². The Kier molecular flexibility index (Phi) is 6.69. The second-order valence-corrected chi connectivity index (χ2v) is 6.31. The first-order valence-corrected chi connectivity index (χ1v) is 8.46. The number of aliphatic hydroxyl groups excluding tert-OH is 1. The third-order valence-corrected chi connectivity index (χ3v) is 4.52. The number of benzene rings is 1. The number of hydrogen-bond acceptors (Lipinski definition) is 5. The zero-order valence-corrected chi connectivity index (χ0v) is 14.6. The van der Waals surface area contributed by atoms with Crippen LogP contribution in [0.4, 0.5) is 17.6 Å². The number of ether oxygens (including phenoxy) is 1. The molecule has 0 saturated heterocycles. The van der Waals surface area contributed by atoms with Crippen molar-refractivity contribution in [2.75, 3.05) is 13.2 Å². The van der Waals surface area contributed by atoms with Crippen LogP contribution in [0.25, 0.3) is 0 Å². The summed E-state index contributed by atoms with van der Waals surface area (Å²) >= 11 is 0. The maximum absolute atomic E-state index is 13.9. The minimum atomic E-state index is -2.15. The predicted molar refractivity (Wildman–Crippen MR) is 87.5 cm³/mol. The van der Waals surface area contributed by atoms with Crippen LogP contribution in [-0.2, 0) is 9.53 Å². The third kappa shape index (κ3) is 4.35. The van der Waals surface area contributed by atoms with Crippen molar-refractivity contribution in [3.05, 3.63) is 34.9 Å². The highest BCUT2D eigenvalue weighted by atomic mass is 19.2. The molecule has 1 N–H and O–H groups in total. The number of Topliss-reactive ketones (excluding diaryl/α,β-unsaturated/α-hetero) is 1. The zero-order valence-electron chi connectivity index (χ0n) is 14.6. The van der Waals surface area contributed by atoms with Crippen LogP contribution in [0.15, 0.2) is 11.1 Å². The van der Waals surface area contributed by atoms with Gasteiger partial charge in [0.1, 0.15) is 0 Å². The molecule has 27 heavy (non-hydrogen) atoms. The first-order chi connectivity index (χ1) is 12.8. The third-order valence-electron chi connectivity index (χ3n) is 4.52. The molecule has 1 aromatic rings. The van der Waals surface area contributed by atoms with Crippen LogP contribution in [0, 0.1) is 29.2 Å². The zero-order chi connectivity index (χ0) is 20.2. The van der Waals surface area contributed by atoms with E-state index in [1.54, 1.807) is 0 Å². The second-order valence-electron chi connectivity index (χ2n) is 6.31. The number of nitrogens with zero attached hydrogens (tertiary/aromatic N) is 1. The molecule has 5 nitrogen and oxygen atoms in total. The molecule has 0 amide bonds. The van der Waals surface area contributed by atoms with Crippen molar-refractivity contribution in [3.63, 3.8) is 0 Å². The normalized spacial score (nSPS) is 17.3. The van der Waals surface area contributed by atoms with Crippen molar-refractivity contribution in [2.24, 2.45) is 10.9 Å². The Hall–Kier alpha value is -2.29. The molecule has 1 fully saturated rings. The quantitative estimate of drug-likeness (QED) is 0.148. The second kappa shape index (κ2) is 8.60. The Morgan fingerprint density at radius 3 is 2.41 bits per heavy atom. The average molecular weight is 389 g/mol. The monoisotopic (exact) mass is 389 g/mol. The summed E-state index contributed by atoms with van der Waals surface area (Å²) in [5.41, 5.74) is -2.00. The summed E-state index contributed by atoms with van der Waals surface area (Å²) in [4.78, 5) is 28.8. The fourth-order valence-corrected chi connectivity index (χ4v) is 2.98. The standard InChI is InChI=1S/C18H19F4NO4/c1-2-27-17(26)11(8-23-18(9-24)5-3-4-6-18)16(25)10-7-12(19)14(21)15(22)13(10)20/h7-8,11,24H,2-6,9H2,1H3. The van der Waals surface area contributed by atoms with Crippen molar-refractivity contribution in [2.45, 2.75) is 38.1 Å². The van der Waals surface area contributed by atoms with E-state index >= 15 is 0 Å². The molecule has 0 aromatic heterocycles. The van der Waals surface area contributed by atoms with Crippen molar-refractivity contribution in [1.29, 1.82) is 0 Å².